The molecule has 1 aliphatic rings. The van der Waals surface area contributed by atoms with Gasteiger partial charge in [0.05, 0.1) is 0 Å². The van der Waals surface area contributed by atoms with E-state index in [9.17, 15) is 13.6 Å². The van der Waals surface area contributed by atoms with Gasteiger partial charge in [-0.15, -0.1) is 0 Å². The maximum absolute atomic E-state index is 13.9. The predicted octanol–water partition coefficient (Wildman–Crippen LogP) is 2.87. The molecule has 0 aliphatic carbocycles. The molecule has 1 unspecified atom stereocenters. The Kier molecular flexibility index (Phi) is 5.16. The van der Waals surface area contributed by atoms with Crippen LogP contribution in [0.15, 0.2) is 42.5 Å². The summed E-state index contributed by atoms with van der Waals surface area (Å²) in [6.45, 7) is 0.908. The van der Waals surface area contributed by atoms with Crippen LogP contribution < -0.4 is 16.0 Å². The quantitative estimate of drug-likeness (QED) is 0.819. The molecule has 1 amide bonds. The van der Waals surface area contributed by atoms with Crippen LogP contribution in [0.1, 0.15) is 18.4 Å². The number of para-hydroxylation sites is 2. The molecular formula is C19H21F2N3O. The monoisotopic (exact) mass is 345 g/mol. The van der Waals surface area contributed by atoms with Gasteiger partial charge in [0, 0.05) is 31.2 Å². The van der Waals surface area contributed by atoms with E-state index in [1.807, 2.05) is 24.3 Å². The summed E-state index contributed by atoms with van der Waals surface area (Å²) in [5.74, 6) is -1.23. The molecule has 0 aromatic heterocycles. The van der Waals surface area contributed by atoms with Crippen LogP contribution in [-0.4, -0.2) is 25.0 Å². The van der Waals surface area contributed by atoms with Crippen molar-refractivity contribution in [2.24, 2.45) is 0 Å². The highest BCUT2D eigenvalue weighted by molar-refractivity contribution is 5.77. The van der Waals surface area contributed by atoms with E-state index in [1.54, 1.807) is 4.90 Å². The van der Waals surface area contributed by atoms with Gasteiger partial charge in [0.15, 0.2) is 0 Å². The molecule has 25 heavy (non-hydrogen) atoms. The zero-order valence-electron chi connectivity index (χ0n) is 13.8. The summed E-state index contributed by atoms with van der Waals surface area (Å²) in [6, 6.07) is 11.2. The lowest BCUT2D eigenvalue weighted by atomic mass is 10.1. The number of nitrogens with one attached hydrogen (secondary N) is 1. The Morgan fingerprint density at radius 3 is 2.60 bits per heavy atom. The number of aryl methyl sites for hydroxylation is 1. The molecule has 2 aromatic rings. The number of hydrogen-bond donors (Lipinski definition) is 2. The highest BCUT2D eigenvalue weighted by atomic mass is 19.1. The fraction of sp³-hybridized carbons (Fsp3) is 0.316. The van der Waals surface area contributed by atoms with Crippen LogP contribution in [0.4, 0.5) is 20.2 Å². The maximum Gasteiger partial charge on any atom is 0.220 e. The number of rotatable bonds is 5. The number of halogens is 2. The third kappa shape index (κ3) is 4.07. The standard InChI is InChI=1S/C19H21F2N3O/c20-15-5-3-6-16(21)19(15)24-11-10-14(12-24)23-18(25)9-8-13-4-1-2-7-17(13)22/h1-7,14H,8-12,22H2,(H,23,25). The minimum Gasteiger partial charge on any atom is -0.399 e. The Labute approximate surface area is 145 Å². The van der Waals surface area contributed by atoms with Crippen molar-refractivity contribution in [2.45, 2.75) is 25.3 Å². The molecule has 0 spiro atoms. The first-order valence-corrected chi connectivity index (χ1v) is 8.36. The summed E-state index contributed by atoms with van der Waals surface area (Å²) in [4.78, 5) is 13.8. The summed E-state index contributed by atoms with van der Waals surface area (Å²) in [5, 5.41) is 2.94. The number of anilines is 2. The van der Waals surface area contributed by atoms with Crippen LogP contribution in [0.3, 0.4) is 0 Å². The van der Waals surface area contributed by atoms with Crippen molar-refractivity contribution in [3.05, 3.63) is 59.7 Å². The SMILES string of the molecule is Nc1ccccc1CCC(=O)NC1CCN(c2c(F)cccc2F)C1. The molecule has 1 heterocycles. The molecule has 0 bridgehead atoms. The smallest absolute Gasteiger partial charge is 0.220 e. The highest BCUT2D eigenvalue weighted by Crippen LogP contribution is 2.26. The second kappa shape index (κ2) is 7.51. The van der Waals surface area contributed by atoms with Gasteiger partial charge in [0.1, 0.15) is 17.3 Å². The lowest BCUT2D eigenvalue weighted by molar-refractivity contribution is -0.121. The molecule has 4 nitrogen and oxygen atoms in total. The molecule has 0 saturated carbocycles. The Bertz CT molecular complexity index is 746. The largest absolute Gasteiger partial charge is 0.399 e. The Morgan fingerprint density at radius 1 is 1.16 bits per heavy atom. The number of nitrogens with two attached hydrogens (primary N) is 1. The van der Waals surface area contributed by atoms with Crippen molar-refractivity contribution >= 4 is 17.3 Å². The number of amides is 1. The zero-order chi connectivity index (χ0) is 17.8. The van der Waals surface area contributed by atoms with Gasteiger partial charge in [-0.3, -0.25) is 4.79 Å². The number of nitrogen functional groups attached to an aromatic ring is 1. The van der Waals surface area contributed by atoms with Crippen molar-refractivity contribution in [2.75, 3.05) is 23.7 Å². The van der Waals surface area contributed by atoms with Gasteiger partial charge in [-0.1, -0.05) is 24.3 Å². The second-order valence-electron chi connectivity index (χ2n) is 6.27. The number of hydrogen-bond acceptors (Lipinski definition) is 3. The van der Waals surface area contributed by atoms with Gasteiger partial charge in [-0.25, -0.2) is 8.78 Å². The average Bonchev–Trinajstić information content (AvgIpc) is 3.02. The topological polar surface area (TPSA) is 58.4 Å². The molecule has 3 rings (SSSR count). The molecule has 1 saturated heterocycles. The van der Waals surface area contributed by atoms with Crippen molar-refractivity contribution in [1.29, 1.82) is 0 Å². The van der Waals surface area contributed by atoms with Crippen molar-refractivity contribution < 1.29 is 13.6 Å². The van der Waals surface area contributed by atoms with Crippen LogP contribution >= 0.6 is 0 Å². The van der Waals surface area contributed by atoms with Gasteiger partial charge in [-0.05, 0) is 36.6 Å². The fourth-order valence-electron chi connectivity index (χ4n) is 3.18. The molecule has 0 radical (unpaired) electrons. The van der Waals surface area contributed by atoms with E-state index in [4.69, 9.17) is 5.73 Å². The van der Waals surface area contributed by atoms with E-state index in [0.29, 0.717) is 38.0 Å². The van der Waals surface area contributed by atoms with E-state index < -0.39 is 11.6 Å². The van der Waals surface area contributed by atoms with E-state index in [-0.39, 0.29) is 17.6 Å². The van der Waals surface area contributed by atoms with Gasteiger partial charge in [0.25, 0.3) is 0 Å². The molecule has 2 aromatic carbocycles. The number of nitrogens with zero attached hydrogens (tertiary/aromatic N) is 1. The number of benzene rings is 2. The molecule has 1 fully saturated rings. The summed E-state index contributed by atoms with van der Waals surface area (Å²) in [7, 11) is 0. The van der Waals surface area contributed by atoms with E-state index in [1.165, 1.54) is 18.2 Å². The summed E-state index contributed by atoms with van der Waals surface area (Å²) < 4.78 is 27.7. The molecule has 6 heteroatoms. The maximum atomic E-state index is 13.9. The van der Waals surface area contributed by atoms with Gasteiger partial charge >= 0.3 is 0 Å². The Hall–Kier alpha value is -2.63. The minimum absolute atomic E-state index is 0.0173. The molecule has 1 aliphatic heterocycles. The summed E-state index contributed by atoms with van der Waals surface area (Å²) in [6.07, 6.45) is 1.56. The second-order valence-corrected chi connectivity index (χ2v) is 6.27. The van der Waals surface area contributed by atoms with Gasteiger partial charge in [-0.2, -0.15) is 0 Å². The van der Waals surface area contributed by atoms with Crippen LogP contribution in [-0.2, 0) is 11.2 Å². The summed E-state index contributed by atoms with van der Waals surface area (Å²) in [5.41, 5.74) is 7.48. The predicted molar refractivity (Wildman–Crippen MR) is 94.3 cm³/mol. The molecule has 3 N–H and O–H groups in total. The van der Waals surface area contributed by atoms with E-state index >= 15 is 0 Å². The number of carbonyl (C=O) groups is 1. The lowest BCUT2D eigenvalue weighted by Gasteiger charge is -2.20. The lowest BCUT2D eigenvalue weighted by Crippen LogP contribution is -2.37. The first-order valence-electron chi connectivity index (χ1n) is 8.36. The highest BCUT2D eigenvalue weighted by Gasteiger charge is 2.27. The first-order chi connectivity index (χ1) is 12.0. The fourth-order valence-corrected chi connectivity index (χ4v) is 3.18. The Balaban J connectivity index is 1.53. The minimum atomic E-state index is -0.577. The van der Waals surface area contributed by atoms with Crippen molar-refractivity contribution in [3.8, 4) is 0 Å². The normalized spacial score (nSPS) is 16.9. The van der Waals surface area contributed by atoms with Crippen molar-refractivity contribution in [3.63, 3.8) is 0 Å². The van der Waals surface area contributed by atoms with Crippen LogP contribution in [0.5, 0.6) is 0 Å². The number of carbonyl (C=O) groups excluding carboxylic acids is 1. The third-order valence-corrected chi connectivity index (χ3v) is 4.48. The Morgan fingerprint density at radius 2 is 1.88 bits per heavy atom. The third-order valence-electron chi connectivity index (χ3n) is 4.48. The average molecular weight is 345 g/mol. The van der Waals surface area contributed by atoms with Gasteiger partial charge < -0.3 is 16.0 Å². The van der Waals surface area contributed by atoms with Crippen LogP contribution in [0, 0.1) is 11.6 Å². The van der Waals surface area contributed by atoms with Crippen LogP contribution in [0.2, 0.25) is 0 Å². The van der Waals surface area contributed by atoms with E-state index in [2.05, 4.69) is 5.32 Å². The zero-order valence-corrected chi connectivity index (χ0v) is 13.8. The van der Waals surface area contributed by atoms with Crippen LogP contribution in [0.25, 0.3) is 0 Å². The van der Waals surface area contributed by atoms with Gasteiger partial charge in [0.2, 0.25) is 5.91 Å². The van der Waals surface area contributed by atoms with E-state index in [0.717, 1.165) is 5.56 Å². The first kappa shape index (κ1) is 17.2. The summed E-state index contributed by atoms with van der Waals surface area (Å²) >= 11 is 0. The molecule has 132 valence electrons. The molecule has 1 atom stereocenters. The van der Waals surface area contributed by atoms with Crippen molar-refractivity contribution in [1.82, 2.24) is 5.32 Å². The molecular weight excluding hydrogens is 324 g/mol.